The molecule has 0 aliphatic heterocycles. The number of aliphatic imine (C=N–C) groups is 2. The van der Waals surface area contributed by atoms with Gasteiger partial charge in [-0.05, 0) is 126 Å². The van der Waals surface area contributed by atoms with E-state index in [0.717, 1.165) is 65.1 Å². The van der Waals surface area contributed by atoms with E-state index in [1.54, 1.807) is 48.8 Å². The van der Waals surface area contributed by atoms with Crippen LogP contribution < -0.4 is 18.9 Å². The fraction of sp³-hybridized carbons (Fsp3) is 0.478. The second-order valence-electron chi connectivity index (χ2n) is 21.3. The maximum Gasteiger partial charge on any atom is 0.343 e. The van der Waals surface area contributed by atoms with Crippen LogP contribution in [0.15, 0.2) is 119 Å². The largest absolute Gasteiger partial charge is 0.507 e. The number of unbranched alkanes of at least 4 members (excludes halogenated alkanes) is 24. The topological polar surface area (TPSA) is 136 Å². The quantitative estimate of drug-likeness (QED) is 0.0168. The van der Waals surface area contributed by atoms with E-state index in [0.29, 0.717) is 48.6 Å². The molecular formula is C69H90N2O8. The summed E-state index contributed by atoms with van der Waals surface area (Å²) in [6, 6.07) is 32.2. The van der Waals surface area contributed by atoms with E-state index in [-0.39, 0.29) is 23.0 Å². The monoisotopic (exact) mass is 1070 g/mol. The van der Waals surface area contributed by atoms with Crippen molar-refractivity contribution in [3.63, 3.8) is 0 Å². The Morgan fingerprint density at radius 3 is 1.05 bits per heavy atom. The molecule has 0 atom stereocenters. The van der Waals surface area contributed by atoms with Gasteiger partial charge in [0.1, 0.15) is 34.5 Å². The minimum atomic E-state index is -0.510. The molecule has 6 rings (SSSR count). The molecule has 0 amide bonds. The lowest BCUT2D eigenvalue weighted by Gasteiger charge is -2.09. The van der Waals surface area contributed by atoms with Crippen molar-refractivity contribution >= 4 is 45.9 Å². The molecule has 424 valence electrons. The van der Waals surface area contributed by atoms with Gasteiger partial charge in [0.15, 0.2) is 0 Å². The van der Waals surface area contributed by atoms with Crippen LogP contribution in [0.3, 0.4) is 0 Å². The van der Waals surface area contributed by atoms with E-state index >= 15 is 0 Å². The van der Waals surface area contributed by atoms with Crippen molar-refractivity contribution in [2.24, 2.45) is 9.98 Å². The van der Waals surface area contributed by atoms with Crippen LogP contribution in [-0.2, 0) is 0 Å². The van der Waals surface area contributed by atoms with Crippen LogP contribution in [0.1, 0.15) is 219 Å². The third-order valence-electron chi connectivity index (χ3n) is 14.6. The zero-order chi connectivity index (χ0) is 55.5. The number of esters is 2. The van der Waals surface area contributed by atoms with Gasteiger partial charge in [-0.3, -0.25) is 9.98 Å². The summed E-state index contributed by atoms with van der Waals surface area (Å²) in [6.07, 6.45) is 37.3. The Morgan fingerprint density at radius 2 is 0.684 bits per heavy atom. The van der Waals surface area contributed by atoms with Gasteiger partial charge in [-0.25, -0.2) is 9.59 Å². The Bertz CT molecular complexity index is 2610. The van der Waals surface area contributed by atoms with E-state index in [4.69, 9.17) is 18.9 Å². The van der Waals surface area contributed by atoms with Crippen LogP contribution in [-0.4, -0.2) is 60.9 Å². The molecule has 0 radical (unpaired) electrons. The third kappa shape index (κ3) is 23.3. The van der Waals surface area contributed by atoms with Gasteiger partial charge in [0.2, 0.25) is 0 Å². The number of fused-ring (bicyclic) bond motifs is 2. The molecule has 6 aromatic carbocycles. The number of phenolic OH excluding ortho intramolecular Hbond substituents is 2. The van der Waals surface area contributed by atoms with Gasteiger partial charge < -0.3 is 29.2 Å². The maximum atomic E-state index is 13.1. The van der Waals surface area contributed by atoms with E-state index in [1.807, 2.05) is 60.7 Å². The van der Waals surface area contributed by atoms with Gasteiger partial charge in [0.25, 0.3) is 0 Å². The predicted molar refractivity (Wildman–Crippen MR) is 326 cm³/mol. The first-order valence-electron chi connectivity index (χ1n) is 30.2. The average Bonchev–Trinajstić information content (AvgIpc) is 3.49. The summed E-state index contributed by atoms with van der Waals surface area (Å²) in [5.74, 6) is 1.06. The Kier molecular flexibility index (Phi) is 28.4. The third-order valence-corrected chi connectivity index (χ3v) is 14.6. The molecule has 79 heavy (non-hydrogen) atoms. The summed E-state index contributed by atoms with van der Waals surface area (Å²) < 4.78 is 23.3. The molecule has 0 unspecified atom stereocenters. The molecule has 0 aliphatic rings. The van der Waals surface area contributed by atoms with Crippen molar-refractivity contribution in [3.8, 4) is 34.5 Å². The van der Waals surface area contributed by atoms with E-state index < -0.39 is 11.9 Å². The van der Waals surface area contributed by atoms with Crippen molar-refractivity contribution in [3.05, 3.63) is 131 Å². The molecule has 6 aromatic rings. The molecule has 2 N–H and O–H groups in total. The van der Waals surface area contributed by atoms with Crippen molar-refractivity contribution in [2.75, 3.05) is 26.3 Å². The second-order valence-corrected chi connectivity index (χ2v) is 21.3. The Hall–Kier alpha value is -6.68. The Morgan fingerprint density at radius 1 is 0.367 bits per heavy atom. The van der Waals surface area contributed by atoms with Gasteiger partial charge >= 0.3 is 11.9 Å². The van der Waals surface area contributed by atoms with Crippen LogP contribution in [0.5, 0.6) is 34.5 Å². The normalized spacial score (nSPS) is 11.6. The number of ether oxygens (including phenoxy) is 4. The first-order chi connectivity index (χ1) is 38.8. The van der Waals surface area contributed by atoms with Crippen LogP contribution in [0, 0.1) is 0 Å². The summed E-state index contributed by atoms with van der Waals surface area (Å²) in [4.78, 5) is 35.1. The number of rotatable bonds is 40. The van der Waals surface area contributed by atoms with Crippen molar-refractivity contribution in [1.29, 1.82) is 0 Å². The number of carbonyl (C=O) groups excluding carboxylic acids is 2. The van der Waals surface area contributed by atoms with Gasteiger partial charge in [-0.15, -0.1) is 0 Å². The van der Waals surface area contributed by atoms with Gasteiger partial charge in [-0.2, -0.15) is 0 Å². The minimum Gasteiger partial charge on any atom is -0.507 e. The summed E-state index contributed by atoms with van der Waals surface area (Å²) in [6.45, 7) is 7.08. The molecule has 0 fully saturated rings. The van der Waals surface area contributed by atoms with Gasteiger partial charge in [0, 0.05) is 48.8 Å². The van der Waals surface area contributed by atoms with Crippen LogP contribution in [0.25, 0.3) is 21.5 Å². The zero-order valence-electron chi connectivity index (χ0n) is 47.7. The standard InChI is InChI=1S/C69H90N2O8/c1-3-5-7-9-11-13-15-17-19-21-23-28-44-76-62-38-34-54-46-58(32-30-56(54)48-62)68(74)78-64-40-36-60(66(72)50-64)52-70-42-26-25-27-43-71-53-61-37-41-65(51-67(61)73)79-69(75)59-33-31-57-49-63(39-35-55(57)47-59)77-45-29-24-22-20-18-16-14-12-10-8-6-4-2/h30-41,46-53,72-73H,3-29,42-45H2,1-2H3. The molecule has 0 saturated carbocycles. The lowest BCUT2D eigenvalue weighted by molar-refractivity contribution is 0.0725. The van der Waals surface area contributed by atoms with Gasteiger partial charge in [0.05, 0.1) is 24.3 Å². The summed E-state index contributed by atoms with van der Waals surface area (Å²) in [5.41, 5.74) is 1.89. The van der Waals surface area contributed by atoms with Crippen molar-refractivity contribution in [1.82, 2.24) is 0 Å². The number of carbonyl (C=O) groups is 2. The number of phenols is 2. The zero-order valence-corrected chi connectivity index (χ0v) is 47.7. The highest BCUT2D eigenvalue weighted by Crippen LogP contribution is 2.28. The van der Waals surface area contributed by atoms with E-state index in [9.17, 15) is 19.8 Å². The van der Waals surface area contributed by atoms with Gasteiger partial charge in [-0.1, -0.05) is 179 Å². The highest BCUT2D eigenvalue weighted by molar-refractivity contribution is 5.98. The van der Waals surface area contributed by atoms with E-state index in [2.05, 4.69) is 23.8 Å². The maximum absolute atomic E-state index is 13.1. The number of aromatic hydroxyl groups is 2. The fourth-order valence-corrected chi connectivity index (χ4v) is 9.78. The molecule has 0 heterocycles. The number of hydrogen-bond acceptors (Lipinski definition) is 10. The predicted octanol–water partition coefficient (Wildman–Crippen LogP) is 18.7. The number of nitrogens with zero attached hydrogens (tertiary/aromatic N) is 2. The van der Waals surface area contributed by atoms with Crippen LogP contribution in [0.2, 0.25) is 0 Å². The Labute approximate surface area is 472 Å². The van der Waals surface area contributed by atoms with Crippen LogP contribution in [0.4, 0.5) is 0 Å². The lowest BCUT2D eigenvalue weighted by atomic mass is 10.1. The summed E-state index contributed by atoms with van der Waals surface area (Å²) in [5, 5.41) is 25.1. The van der Waals surface area contributed by atoms with Crippen molar-refractivity contribution < 1.29 is 38.7 Å². The smallest absolute Gasteiger partial charge is 0.343 e. The van der Waals surface area contributed by atoms with E-state index in [1.165, 1.54) is 153 Å². The first kappa shape index (κ1) is 61.5. The van der Waals surface area contributed by atoms with Crippen LogP contribution >= 0.6 is 0 Å². The number of benzene rings is 6. The summed E-state index contributed by atoms with van der Waals surface area (Å²) in [7, 11) is 0. The molecule has 0 aliphatic carbocycles. The summed E-state index contributed by atoms with van der Waals surface area (Å²) >= 11 is 0. The highest BCUT2D eigenvalue weighted by Gasteiger charge is 2.14. The Balaban J connectivity index is 0.810. The molecule has 0 spiro atoms. The molecule has 10 heteroatoms. The minimum absolute atomic E-state index is 0.0307. The lowest BCUT2D eigenvalue weighted by Crippen LogP contribution is -2.08. The van der Waals surface area contributed by atoms with Crippen molar-refractivity contribution in [2.45, 2.75) is 187 Å². The molecule has 0 saturated heterocycles. The average molecular weight is 1080 g/mol. The number of hydrogen-bond donors (Lipinski definition) is 2. The molecule has 10 nitrogen and oxygen atoms in total. The molecule has 0 aromatic heterocycles. The molecule has 0 bridgehead atoms. The fourth-order valence-electron chi connectivity index (χ4n) is 9.78. The second kappa shape index (κ2) is 36.5. The first-order valence-corrected chi connectivity index (χ1v) is 30.2. The highest BCUT2D eigenvalue weighted by atomic mass is 16.5. The SMILES string of the molecule is CCCCCCCCCCCCCCOc1ccc2cc(C(=O)Oc3ccc(C=NCCCCCN=Cc4ccc(OC(=O)c5ccc6cc(OCCCCCCCCCCCCCC)ccc6c5)cc4O)c(O)c3)ccc2c1. The molecular weight excluding hydrogens is 985 g/mol.